The summed E-state index contributed by atoms with van der Waals surface area (Å²) < 4.78 is 13.6. The molecule has 2 rings (SSSR count). The lowest BCUT2D eigenvalue weighted by Gasteiger charge is -2.15. The van der Waals surface area contributed by atoms with Crippen molar-refractivity contribution in [1.29, 1.82) is 0 Å². The van der Waals surface area contributed by atoms with Gasteiger partial charge >= 0.3 is 0 Å². The van der Waals surface area contributed by atoms with Crippen LogP contribution in [0.5, 0.6) is 0 Å². The monoisotopic (exact) mass is 494 g/mol. The van der Waals surface area contributed by atoms with E-state index >= 15 is 0 Å². The van der Waals surface area contributed by atoms with Gasteiger partial charge in [-0.25, -0.2) is 4.39 Å². The number of amides is 1. The minimum Gasteiger partial charge on any atom is -0.357 e. The molecule has 1 saturated heterocycles. The van der Waals surface area contributed by atoms with Crippen LogP contribution in [-0.2, 0) is 4.79 Å². The number of halogens is 2. The average Bonchev–Trinajstić information content (AvgIpc) is 3.02. The van der Waals surface area contributed by atoms with E-state index in [1.54, 1.807) is 12.1 Å². The molecule has 0 radical (unpaired) electrons. The Bertz CT molecular complexity index is 588. The zero-order valence-corrected chi connectivity index (χ0v) is 18.3. The van der Waals surface area contributed by atoms with Crippen LogP contribution in [0.1, 0.15) is 26.2 Å². The van der Waals surface area contributed by atoms with Crippen molar-refractivity contribution in [2.75, 3.05) is 38.5 Å². The van der Waals surface area contributed by atoms with Crippen LogP contribution in [0.2, 0.25) is 0 Å². The van der Waals surface area contributed by atoms with Gasteiger partial charge in [0.25, 0.3) is 0 Å². The molecule has 1 heterocycles. The average molecular weight is 494 g/mol. The summed E-state index contributed by atoms with van der Waals surface area (Å²) in [5.74, 6) is 1.61. The highest BCUT2D eigenvalue weighted by Crippen LogP contribution is 2.20. The van der Waals surface area contributed by atoms with E-state index in [2.05, 4.69) is 15.6 Å². The van der Waals surface area contributed by atoms with Crippen molar-refractivity contribution < 1.29 is 9.18 Å². The molecule has 0 spiro atoms. The molecule has 26 heavy (non-hydrogen) atoms. The maximum Gasteiger partial charge on any atom is 0.222 e. The number of nitrogens with one attached hydrogen (secondary N) is 2. The molecule has 0 unspecified atom stereocenters. The summed E-state index contributed by atoms with van der Waals surface area (Å²) in [6.45, 7) is 5.86. The van der Waals surface area contributed by atoms with Gasteiger partial charge in [0, 0.05) is 49.8 Å². The Hall–Kier alpha value is -1.03. The Morgan fingerprint density at radius 1 is 1.35 bits per heavy atom. The molecule has 8 heteroatoms. The van der Waals surface area contributed by atoms with Crippen molar-refractivity contribution in [2.45, 2.75) is 31.1 Å². The normalized spacial score (nSPS) is 14.3. The second kappa shape index (κ2) is 13.2. The minimum atomic E-state index is -0.176. The number of hydrogen-bond donors (Lipinski definition) is 2. The molecule has 0 saturated carbocycles. The molecule has 1 fully saturated rings. The van der Waals surface area contributed by atoms with Crippen LogP contribution in [-0.4, -0.2) is 55.2 Å². The molecule has 1 aromatic rings. The molecule has 0 bridgehead atoms. The Balaban J connectivity index is 0.00000338. The van der Waals surface area contributed by atoms with Gasteiger partial charge in [-0.05, 0) is 31.9 Å². The first-order valence-electron chi connectivity index (χ1n) is 8.88. The quantitative estimate of drug-likeness (QED) is 0.182. The molecule has 2 N–H and O–H groups in total. The second-order valence-corrected chi connectivity index (χ2v) is 6.94. The van der Waals surface area contributed by atoms with Crippen molar-refractivity contribution in [2.24, 2.45) is 4.99 Å². The van der Waals surface area contributed by atoms with E-state index in [-0.39, 0.29) is 35.7 Å². The third-order valence-corrected chi connectivity index (χ3v) is 4.91. The highest BCUT2D eigenvalue weighted by molar-refractivity contribution is 14.0. The maximum atomic E-state index is 13.6. The summed E-state index contributed by atoms with van der Waals surface area (Å²) in [4.78, 5) is 18.7. The summed E-state index contributed by atoms with van der Waals surface area (Å²) in [5.41, 5.74) is 0. The Labute approximate surface area is 176 Å². The molecular weight excluding hydrogens is 466 g/mol. The van der Waals surface area contributed by atoms with E-state index in [0.717, 1.165) is 44.2 Å². The van der Waals surface area contributed by atoms with E-state index < -0.39 is 0 Å². The van der Waals surface area contributed by atoms with Crippen molar-refractivity contribution in [1.82, 2.24) is 15.5 Å². The van der Waals surface area contributed by atoms with Gasteiger partial charge in [0.15, 0.2) is 5.96 Å². The third-order valence-electron chi connectivity index (χ3n) is 3.86. The lowest BCUT2D eigenvalue weighted by Crippen LogP contribution is -2.38. The van der Waals surface area contributed by atoms with Crippen molar-refractivity contribution >= 4 is 47.6 Å². The minimum absolute atomic E-state index is 0. The number of likely N-dealkylation sites (tertiary alicyclic amines) is 1. The van der Waals surface area contributed by atoms with Gasteiger partial charge in [-0.3, -0.25) is 9.79 Å². The number of thioether (sulfide) groups is 1. The SMILES string of the molecule is CCNC(=NCCCN1CCCC1=O)NCCSc1ccccc1F.I. The van der Waals surface area contributed by atoms with Crippen LogP contribution in [0.3, 0.4) is 0 Å². The van der Waals surface area contributed by atoms with Gasteiger partial charge in [0.05, 0.1) is 0 Å². The molecule has 5 nitrogen and oxygen atoms in total. The Morgan fingerprint density at radius 3 is 2.85 bits per heavy atom. The van der Waals surface area contributed by atoms with Crippen LogP contribution in [0, 0.1) is 5.82 Å². The van der Waals surface area contributed by atoms with Gasteiger partial charge < -0.3 is 15.5 Å². The molecule has 0 aliphatic carbocycles. The first kappa shape index (κ1) is 23.0. The smallest absolute Gasteiger partial charge is 0.222 e. The molecule has 1 aliphatic rings. The van der Waals surface area contributed by atoms with Crippen molar-refractivity contribution in [3.8, 4) is 0 Å². The third kappa shape index (κ3) is 8.11. The lowest BCUT2D eigenvalue weighted by atomic mass is 10.3. The van der Waals surface area contributed by atoms with Gasteiger partial charge in [0.1, 0.15) is 5.82 Å². The molecule has 1 aromatic carbocycles. The first-order chi connectivity index (χ1) is 12.2. The van der Waals surface area contributed by atoms with Crippen LogP contribution in [0.15, 0.2) is 34.2 Å². The zero-order valence-electron chi connectivity index (χ0n) is 15.2. The van der Waals surface area contributed by atoms with E-state index in [0.29, 0.717) is 24.4 Å². The number of benzene rings is 1. The number of hydrogen-bond acceptors (Lipinski definition) is 3. The van der Waals surface area contributed by atoms with Gasteiger partial charge in [-0.1, -0.05) is 12.1 Å². The molecular formula is C18H28FIN4OS. The Morgan fingerprint density at radius 2 is 2.15 bits per heavy atom. The van der Waals surface area contributed by atoms with Gasteiger partial charge in [0.2, 0.25) is 5.91 Å². The zero-order chi connectivity index (χ0) is 17.9. The van der Waals surface area contributed by atoms with E-state index in [9.17, 15) is 9.18 Å². The van der Waals surface area contributed by atoms with Crippen molar-refractivity contribution in [3.05, 3.63) is 30.1 Å². The Kier molecular flexibility index (Phi) is 11.7. The number of guanidine groups is 1. The van der Waals surface area contributed by atoms with Crippen LogP contribution < -0.4 is 10.6 Å². The van der Waals surface area contributed by atoms with E-state index in [1.807, 2.05) is 17.9 Å². The van der Waals surface area contributed by atoms with Crippen LogP contribution in [0.25, 0.3) is 0 Å². The topological polar surface area (TPSA) is 56.7 Å². The first-order valence-corrected chi connectivity index (χ1v) is 9.86. The lowest BCUT2D eigenvalue weighted by molar-refractivity contribution is -0.127. The molecule has 0 aromatic heterocycles. The van der Waals surface area contributed by atoms with Gasteiger partial charge in [-0.15, -0.1) is 35.7 Å². The summed E-state index contributed by atoms with van der Waals surface area (Å²) in [6.07, 6.45) is 2.53. The van der Waals surface area contributed by atoms with Crippen LogP contribution in [0.4, 0.5) is 4.39 Å². The number of carbonyl (C=O) groups excluding carboxylic acids is 1. The molecule has 0 atom stereocenters. The summed E-state index contributed by atoms with van der Waals surface area (Å²) >= 11 is 1.49. The molecule has 1 amide bonds. The summed E-state index contributed by atoms with van der Waals surface area (Å²) in [7, 11) is 0. The predicted molar refractivity (Wildman–Crippen MR) is 117 cm³/mol. The fourth-order valence-corrected chi connectivity index (χ4v) is 3.43. The standard InChI is InChI=1S/C18H27FN4OS.HI/c1-2-20-18(21-10-6-13-23-12-5-9-17(23)24)22-11-14-25-16-8-4-3-7-15(16)19;/h3-4,7-8H,2,5-6,9-14H2,1H3,(H2,20,21,22);1H. The molecule has 1 aliphatic heterocycles. The fraction of sp³-hybridized carbons (Fsp3) is 0.556. The highest BCUT2D eigenvalue weighted by atomic mass is 127. The van der Waals surface area contributed by atoms with Gasteiger partial charge in [-0.2, -0.15) is 0 Å². The number of rotatable bonds is 9. The summed E-state index contributed by atoms with van der Waals surface area (Å²) in [5, 5.41) is 6.47. The van der Waals surface area contributed by atoms with Crippen LogP contribution >= 0.6 is 35.7 Å². The molecule has 146 valence electrons. The maximum absolute atomic E-state index is 13.6. The van der Waals surface area contributed by atoms with Crippen molar-refractivity contribution in [3.63, 3.8) is 0 Å². The highest BCUT2D eigenvalue weighted by Gasteiger charge is 2.18. The van der Waals surface area contributed by atoms with E-state index in [4.69, 9.17) is 0 Å². The summed E-state index contributed by atoms with van der Waals surface area (Å²) in [6, 6.07) is 6.81. The fourth-order valence-electron chi connectivity index (χ4n) is 2.63. The second-order valence-electron chi connectivity index (χ2n) is 5.80. The van der Waals surface area contributed by atoms with E-state index in [1.165, 1.54) is 17.8 Å². The predicted octanol–water partition coefficient (Wildman–Crippen LogP) is 3.10. The largest absolute Gasteiger partial charge is 0.357 e. The number of aliphatic imine (C=N–C) groups is 1. The number of carbonyl (C=O) groups is 1. The number of nitrogens with zero attached hydrogens (tertiary/aromatic N) is 2.